The van der Waals surface area contributed by atoms with E-state index in [1.165, 1.54) is 0 Å². The third-order valence-electron chi connectivity index (χ3n) is 5.43. The minimum atomic E-state index is -0.391. The Hall–Kier alpha value is -3.90. The Morgan fingerprint density at radius 2 is 1.80 bits per heavy atom. The normalized spacial score (nSPS) is 14.5. The predicted molar refractivity (Wildman–Crippen MR) is 135 cm³/mol. The summed E-state index contributed by atoms with van der Waals surface area (Å²) in [6.45, 7) is 2.43. The summed E-state index contributed by atoms with van der Waals surface area (Å²) in [5, 5.41) is 0.444. The average Bonchev–Trinajstić information content (AvgIpc) is 3.13. The molecule has 178 valence electrons. The number of amides is 2. The lowest BCUT2D eigenvalue weighted by molar-refractivity contribution is -0.120. The highest BCUT2D eigenvalue weighted by Crippen LogP contribution is 2.32. The van der Waals surface area contributed by atoms with Crippen LogP contribution in [-0.2, 0) is 14.3 Å². The van der Waals surface area contributed by atoms with Crippen LogP contribution < -0.4 is 9.64 Å². The Bertz CT molecular complexity index is 1280. The number of esters is 1. The van der Waals surface area contributed by atoms with Gasteiger partial charge in [-0.15, -0.1) is 0 Å². The number of hydrogen-bond donors (Lipinski definition) is 0. The maximum absolute atomic E-state index is 13.0. The number of carbonyl (C=O) groups is 3. The van der Waals surface area contributed by atoms with Gasteiger partial charge in [0.15, 0.2) is 0 Å². The summed E-state index contributed by atoms with van der Waals surface area (Å²) in [6, 6.07) is 20.5. The van der Waals surface area contributed by atoms with Gasteiger partial charge >= 0.3 is 5.97 Å². The maximum atomic E-state index is 13.0. The van der Waals surface area contributed by atoms with E-state index in [-0.39, 0.29) is 18.3 Å². The van der Waals surface area contributed by atoms with Crippen LogP contribution in [0, 0.1) is 0 Å². The molecule has 0 radical (unpaired) electrons. The van der Waals surface area contributed by atoms with E-state index in [1.807, 2.05) is 25.1 Å². The van der Waals surface area contributed by atoms with Crippen molar-refractivity contribution in [2.45, 2.75) is 26.2 Å². The van der Waals surface area contributed by atoms with Gasteiger partial charge in [0.2, 0.25) is 5.91 Å². The fraction of sp³-hybridized carbons (Fsp3) is 0.179. The zero-order valence-corrected chi connectivity index (χ0v) is 20.0. The molecule has 3 aromatic rings. The topological polar surface area (TPSA) is 72.9 Å². The number of unbranched alkanes of at least 4 members (excludes halogenated alkanes) is 1. The molecule has 6 nitrogen and oxygen atoms in total. The number of rotatable bonds is 8. The Morgan fingerprint density at radius 3 is 2.54 bits per heavy atom. The molecule has 3 aromatic carbocycles. The van der Waals surface area contributed by atoms with Crippen LogP contribution in [0.5, 0.6) is 11.5 Å². The van der Waals surface area contributed by atoms with E-state index in [1.54, 1.807) is 60.7 Å². The molecule has 1 saturated heterocycles. The van der Waals surface area contributed by atoms with Gasteiger partial charge in [-0.3, -0.25) is 9.59 Å². The first-order chi connectivity index (χ1) is 17.0. The van der Waals surface area contributed by atoms with Crippen molar-refractivity contribution in [2.24, 2.45) is 0 Å². The van der Waals surface area contributed by atoms with Crippen LogP contribution in [0.1, 0.15) is 42.1 Å². The molecule has 0 bridgehead atoms. The van der Waals surface area contributed by atoms with Crippen LogP contribution in [0.25, 0.3) is 6.08 Å². The van der Waals surface area contributed by atoms with Gasteiger partial charge in [-0.05, 0) is 61.0 Å². The number of para-hydroxylation sites is 1. The highest BCUT2D eigenvalue weighted by atomic mass is 35.5. The van der Waals surface area contributed by atoms with Crippen molar-refractivity contribution in [1.29, 1.82) is 0 Å². The van der Waals surface area contributed by atoms with E-state index in [9.17, 15) is 14.4 Å². The van der Waals surface area contributed by atoms with Crippen LogP contribution in [0.2, 0.25) is 5.02 Å². The zero-order valence-electron chi connectivity index (χ0n) is 19.2. The lowest BCUT2D eigenvalue weighted by Crippen LogP contribution is -2.28. The van der Waals surface area contributed by atoms with Crippen molar-refractivity contribution in [3.8, 4) is 11.5 Å². The summed E-state index contributed by atoms with van der Waals surface area (Å²) in [6.07, 6.45) is 3.42. The summed E-state index contributed by atoms with van der Waals surface area (Å²) in [5.74, 6) is -0.0415. The molecule has 0 saturated carbocycles. The number of nitrogens with zero attached hydrogens (tertiary/aromatic N) is 1. The Kier molecular flexibility index (Phi) is 7.63. The van der Waals surface area contributed by atoms with Crippen LogP contribution in [0.15, 0.2) is 78.4 Å². The number of imide groups is 1. The molecule has 0 spiro atoms. The van der Waals surface area contributed by atoms with E-state index < -0.39 is 5.91 Å². The first kappa shape index (κ1) is 24.2. The molecule has 1 aliphatic rings. The third-order valence-corrected chi connectivity index (χ3v) is 5.67. The lowest BCUT2D eigenvalue weighted by Gasteiger charge is -2.13. The first-order valence-corrected chi connectivity index (χ1v) is 11.7. The summed E-state index contributed by atoms with van der Waals surface area (Å²) in [5.41, 5.74) is 1.89. The van der Waals surface area contributed by atoms with Crippen molar-refractivity contribution in [1.82, 2.24) is 0 Å². The molecule has 7 heteroatoms. The second-order valence-electron chi connectivity index (χ2n) is 8.01. The van der Waals surface area contributed by atoms with Gasteiger partial charge in [0.1, 0.15) is 11.5 Å². The molecule has 1 heterocycles. The second-order valence-corrected chi connectivity index (χ2v) is 8.45. The molecule has 0 aromatic heterocycles. The van der Waals surface area contributed by atoms with Crippen LogP contribution >= 0.6 is 11.6 Å². The quantitative estimate of drug-likeness (QED) is 0.158. The summed E-state index contributed by atoms with van der Waals surface area (Å²) < 4.78 is 11.2. The molecule has 35 heavy (non-hydrogen) atoms. The van der Waals surface area contributed by atoms with Crippen LogP contribution in [0.3, 0.4) is 0 Å². The fourth-order valence-electron chi connectivity index (χ4n) is 3.62. The van der Waals surface area contributed by atoms with Crippen LogP contribution in [0.4, 0.5) is 5.69 Å². The molecular formula is C28H24ClNO5. The molecule has 2 amide bonds. The molecule has 4 rings (SSSR count). The van der Waals surface area contributed by atoms with Crippen molar-refractivity contribution < 1.29 is 23.9 Å². The summed E-state index contributed by atoms with van der Waals surface area (Å²) in [7, 11) is 0. The minimum Gasteiger partial charge on any atom is -0.462 e. The number of ether oxygens (including phenoxy) is 2. The van der Waals surface area contributed by atoms with Gasteiger partial charge in [-0.2, -0.15) is 0 Å². The number of hydrogen-bond acceptors (Lipinski definition) is 5. The van der Waals surface area contributed by atoms with Gasteiger partial charge in [0.05, 0.1) is 24.3 Å². The van der Waals surface area contributed by atoms with E-state index in [2.05, 4.69) is 0 Å². The van der Waals surface area contributed by atoms with E-state index in [0.717, 1.165) is 17.7 Å². The fourth-order valence-corrected chi connectivity index (χ4v) is 3.81. The Balaban J connectivity index is 1.51. The van der Waals surface area contributed by atoms with E-state index in [4.69, 9.17) is 21.1 Å². The SMILES string of the molecule is CCCCOC(=O)c1ccc(Oc2ccccc2/C=C2/CC(=O)N(c3cccc(Cl)c3)C2=O)cc1. The monoisotopic (exact) mass is 489 g/mol. The number of anilines is 1. The smallest absolute Gasteiger partial charge is 0.338 e. The van der Waals surface area contributed by atoms with Crippen molar-refractivity contribution in [3.63, 3.8) is 0 Å². The van der Waals surface area contributed by atoms with Gasteiger partial charge in [-0.25, -0.2) is 9.69 Å². The van der Waals surface area contributed by atoms with E-state index in [0.29, 0.717) is 45.5 Å². The highest BCUT2D eigenvalue weighted by Gasteiger charge is 2.35. The molecule has 0 N–H and O–H groups in total. The summed E-state index contributed by atoms with van der Waals surface area (Å²) >= 11 is 6.03. The van der Waals surface area contributed by atoms with Crippen molar-refractivity contribution in [3.05, 3.63) is 94.5 Å². The largest absolute Gasteiger partial charge is 0.462 e. The van der Waals surface area contributed by atoms with Gasteiger partial charge in [-0.1, -0.05) is 49.2 Å². The van der Waals surface area contributed by atoms with E-state index >= 15 is 0 Å². The lowest BCUT2D eigenvalue weighted by atomic mass is 10.1. The highest BCUT2D eigenvalue weighted by molar-refractivity contribution is 6.32. The molecule has 0 aliphatic carbocycles. The predicted octanol–water partition coefficient (Wildman–Crippen LogP) is 6.44. The third kappa shape index (κ3) is 5.78. The molecular weight excluding hydrogens is 466 g/mol. The summed E-state index contributed by atoms with van der Waals surface area (Å²) in [4.78, 5) is 38.8. The Labute approximate surface area is 208 Å². The van der Waals surface area contributed by atoms with Crippen molar-refractivity contribution >= 4 is 41.1 Å². The first-order valence-electron chi connectivity index (χ1n) is 11.3. The van der Waals surface area contributed by atoms with Crippen LogP contribution in [-0.4, -0.2) is 24.4 Å². The zero-order chi connectivity index (χ0) is 24.8. The number of benzene rings is 3. The molecule has 1 aliphatic heterocycles. The Morgan fingerprint density at radius 1 is 1.03 bits per heavy atom. The van der Waals surface area contributed by atoms with Gasteiger partial charge in [0, 0.05) is 16.2 Å². The number of halogens is 1. The number of carbonyl (C=O) groups excluding carboxylic acids is 3. The maximum Gasteiger partial charge on any atom is 0.338 e. The average molecular weight is 490 g/mol. The van der Waals surface area contributed by atoms with Crippen molar-refractivity contribution in [2.75, 3.05) is 11.5 Å². The molecule has 1 fully saturated rings. The standard InChI is InChI=1S/C28H24ClNO5/c1-2-3-15-34-28(33)19-11-13-24(14-12-19)35-25-10-5-4-7-20(25)16-21-17-26(31)30(27(21)32)23-9-6-8-22(29)18-23/h4-14,16,18H,2-3,15,17H2,1H3/b21-16-. The molecule has 0 atom stereocenters. The van der Waals surface area contributed by atoms with Gasteiger partial charge < -0.3 is 9.47 Å². The second kappa shape index (κ2) is 11.0. The van der Waals surface area contributed by atoms with Gasteiger partial charge in [0.25, 0.3) is 5.91 Å². The minimum absolute atomic E-state index is 0.0193. The molecule has 0 unspecified atom stereocenters.